The van der Waals surface area contributed by atoms with Crippen molar-refractivity contribution in [3.05, 3.63) is 48.0 Å². The first-order valence-electron chi connectivity index (χ1n) is 9.00. The number of nitrogens with zero attached hydrogens (tertiary/aromatic N) is 1. The fourth-order valence-corrected chi connectivity index (χ4v) is 3.04. The summed E-state index contributed by atoms with van der Waals surface area (Å²) in [6.07, 6.45) is 0.977. The average molecular weight is 439 g/mol. The molecule has 2 amide bonds. The molecule has 0 unspecified atom stereocenters. The summed E-state index contributed by atoms with van der Waals surface area (Å²) in [6, 6.07) is 11.2. The van der Waals surface area contributed by atoms with E-state index in [1.54, 1.807) is 42.3 Å². The van der Waals surface area contributed by atoms with Crippen LogP contribution in [0.5, 0.6) is 17.2 Å². The molecule has 10 heteroatoms. The minimum Gasteiger partial charge on any atom is -0.497 e. The molecule has 164 valence electrons. The van der Waals surface area contributed by atoms with Gasteiger partial charge in [-0.05, 0) is 17.7 Å². The van der Waals surface area contributed by atoms with Gasteiger partial charge in [0.2, 0.25) is 0 Å². The maximum Gasteiger partial charge on any atom is 0.322 e. The summed E-state index contributed by atoms with van der Waals surface area (Å²) in [5.41, 5.74) is 1.32. The van der Waals surface area contributed by atoms with Crippen LogP contribution in [0.2, 0.25) is 0 Å². The van der Waals surface area contributed by atoms with Crippen molar-refractivity contribution in [3.8, 4) is 17.2 Å². The number of nitrogens with one attached hydrogen (secondary N) is 1. The summed E-state index contributed by atoms with van der Waals surface area (Å²) in [4.78, 5) is 14.4. The molecule has 0 radical (unpaired) electrons. The van der Waals surface area contributed by atoms with Crippen molar-refractivity contribution < 1.29 is 31.6 Å². The summed E-state index contributed by atoms with van der Waals surface area (Å²) in [7, 11) is 1.02. The maximum absolute atomic E-state index is 12.9. The van der Waals surface area contributed by atoms with E-state index in [9.17, 15) is 13.2 Å². The number of hydrogen-bond acceptors (Lipinski definition) is 7. The van der Waals surface area contributed by atoms with Gasteiger partial charge in [-0.1, -0.05) is 12.1 Å². The second-order valence-corrected chi connectivity index (χ2v) is 7.95. The molecule has 1 N–H and O–H groups in total. The number of urea groups is 1. The zero-order valence-electron chi connectivity index (χ0n) is 17.4. The topological polar surface area (TPSA) is 103 Å². The first kappa shape index (κ1) is 23.3. The van der Waals surface area contributed by atoms with E-state index in [4.69, 9.17) is 18.4 Å². The minimum atomic E-state index is -3.60. The molecule has 0 heterocycles. The van der Waals surface area contributed by atoms with E-state index in [0.29, 0.717) is 30.3 Å². The van der Waals surface area contributed by atoms with E-state index in [1.807, 2.05) is 0 Å². The highest BCUT2D eigenvalue weighted by Gasteiger charge is 2.16. The van der Waals surface area contributed by atoms with Gasteiger partial charge >= 0.3 is 16.1 Å². The van der Waals surface area contributed by atoms with Crippen molar-refractivity contribution in [2.24, 2.45) is 0 Å². The van der Waals surface area contributed by atoms with Gasteiger partial charge in [0.1, 0.15) is 17.2 Å². The standard InChI is InChI=1S/C20H26N2O7S/c1-26-10-9-22(14-15-5-7-17(8-6-15)29-30(4,24)25)20(23)21-16-11-18(27-2)13-19(12-16)28-3/h5-8,11-13H,9-10,14H2,1-4H3,(H,21,23). The lowest BCUT2D eigenvalue weighted by molar-refractivity contribution is 0.153. The van der Waals surface area contributed by atoms with Crippen LogP contribution in [0.25, 0.3) is 0 Å². The number of amides is 2. The molecule has 0 fully saturated rings. The van der Waals surface area contributed by atoms with Crippen LogP contribution in [0, 0.1) is 0 Å². The summed E-state index contributed by atoms with van der Waals surface area (Å²) >= 11 is 0. The Morgan fingerprint density at radius 3 is 2.07 bits per heavy atom. The van der Waals surface area contributed by atoms with Crippen molar-refractivity contribution >= 4 is 21.8 Å². The molecule has 0 saturated heterocycles. The fraction of sp³-hybridized carbons (Fsp3) is 0.350. The Balaban J connectivity index is 2.14. The van der Waals surface area contributed by atoms with Crippen molar-refractivity contribution in [1.29, 1.82) is 0 Å². The van der Waals surface area contributed by atoms with Crippen LogP contribution in [0.4, 0.5) is 10.5 Å². The normalized spacial score (nSPS) is 10.9. The molecule has 0 aliphatic rings. The van der Waals surface area contributed by atoms with Gasteiger partial charge in [0.25, 0.3) is 0 Å². The van der Waals surface area contributed by atoms with Crippen LogP contribution in [0.3, 0.4) is 0 Å². The number of methoxy groups -OCH3 is 3. The summed E-state index contributed by atoms with van der Waals surface area (Å²) in [5, 5.41) is 2.83. The van der Waals surface area contributed by atoms with Crippen LogP contribution < -0.4 is 19.0 Å². The van der Waals surface area contributed by atoms with Crippen LogP contribution in [-0.2, 0) is 21.4 Å². The van der Waals surface area contributed by atoms with Gasteiger partial charge in [0.05, 0.1) is 27.1 Å². The monoisotopic (exact) mass is 438 g/mol. The Bertz CT molecular complexity index is 924. The quantitative estimate of drug-likeness (QED) is 0.569. The van der Waals surface area contributed by atoms with Gasteiger partial charge in [-0.2, -0.15) is 8.42 Å². The van der Waals surface area contributed by atoms with Gasteiger partial charge in [-0.15, -0.1) is 0 Å². The molecule has 0 atom stereocenters. The molecule has 30 heavy (non-hydrogen) atoms. The third kappa shape index (κ3) is 7.45. The molecule has 2 rings (SSSR count). The third-order valence-electron chi connectivity index (χ3n) is 4.00. The Morgan fingerprint density at radius 2 is 1.57 bits per heavy atom. The average Bonchev–Trinajstić information content (AvgIpc) is 2.70. The zero-order chi connectivity index (χ0) is 22.1. The Morgan fingerprint density at radius 1 is 0.967 bits per heavy atom. The van der Waals surface area contributed by atoms with Crippen LogP contribution in [0.15, 0.2) is 42.5 Å². The Kier molecular flexibility index (Phi) is 8.31. The van der Waals surface area contributed by atoms with Gasteiger partial charge in [-0.3, -0.25) is 0 Å². The summed E-state index contributed by atoms with van der Waals surface area (Å²) in [6.45, 7) is 0.991. The molecule has 9 nitrogen and oxygen atoms in total. The third-order valence-corrected chi connectivity index (χ3v) is 4.49. The minimum absolute atomic E-state index is 0.206. The zero-order valence-corrected chi connectivity index (χ0v) is 18.2. The van der Waals surface area contributed by atoms with E-state index in [0.717, 1.165) is 11.8 Å². The van der Waals surface area contributed by atoms with E-state index < -0.39 is 10.1 Å². The number of benzene rings is 2. The lowest BCUT2D eigenvalue weighted by atomic mass is 10.2. The van der Waals surface area contributed by atoms with Gasteiger partial charge in [0, 0.05) is 44.1 Å². The van der Waals surface area contributed by atoms with E-state index >= 15 is 0 Å². The fourth-order valence-electron chi connectivity index (χ4n) is 2.58. The van der Waals surface area contributed by atoms with Crippen LogP contribution in [-0.4, -0.2) is 60.1 Å². The highest BCUT2D eigenvalue weighted by atomic mass is 32.2. The molecule has 2 aromatic carbocycles. The van der Waals surface area contributed by atoms with E-state index in [1.165, 1.54) is 26.4 Å². The highest BCUT2D eigenvalue weighted by Crippen LogP contribution is 2.26. The number of hydrogen-bond donors (Lipinski definition) is 1. The van der Waals surface area contributed by atoms with Gasteiger partial charge in [0.15, 0.2) is 0 Å². The number of anilines is 1. The number of carbonyl (C=O) groups excluding carboxylic acids is 1. The summed E-state index contributed by atoms with van der Waals surface area (Å²) < 4.78 is 42.8. The molecule has 2 aromatic rings. The van der Waals surface area contributed by atoms with Gasteiger partial charge < -0.3 is 28.6 Å². The first-order valence-corrected chi connectivity index (χ1v) is 10.8. The predicted octanol–water partition coefficient (Wildman–Crippen LogP) is 2.72. The Labute approximate surface area is 176 Å². The highest BCUT2D eigenvalue weighted by molar-refractivity contribution is 7.86. The second-order valence-electron chi connectivity index (χ2n) is 6.38. The van der Waals surface area contributed by atoms with E-state index in [-0.39, 0.29) is 18.3 Å². The molecular formula is C20H26N2O7S. The molecule has 0 saturated carbocycles. The summed E-state index contributed by atoms with van der Waals surface area (Å²) in [5.74, 6) is 1.31. The maximum atomic E-state index is 12.9. The molecule has 0 bridgehead atoms. The van der Waals surface area contributed by atoms with Crippen molar-refractivity contribution in [3.63, 3.8) is 0 Å². The molecule has 0 aromatic heterocycles. The predicted molar refractivity (Wildman–Crippen MR) is 113 cm³/mol. The Hall–Kier alpha value is -2.98. The van der Waals surface area contributed by atoms with Crippen molar-refractivity contribution in [2.75, 3.05) is 46.1 Å². The van der Waals surface area contributed by atoms with E-state index in [2.05, 4.69) is 5.32 Å². The second kappa shape index (κ2) is 10.7. The molecule has 0 aliphatic carbocycles. The molecule has 0 spiro atoms. The smallest absolute Gasteiger partial charge is 0.322 e. The molecular weight excluding hydrogens is 412 g/mol. The van der Waals surface area contributed by atoms with Gasteiger partial charge in [-0.25, -0.2) is 4.79 Å². The SMILES string of the molecule is COCCN(Cc1ccc(OS(C)(=O)=O)cc1)C(=O)Nc1cc(OC)cc(OC)c1. The molecule has 0 aliphatic heterocycles. The first-order chi connectivity index (χ1) is 14.2. The van der Waals surface area contributed by atoms with Crippen molar-refractivity contribution in [2.45, 2.75) is 6.54 Å². The largest absolute Gasteiger partial charge is 0.497 e. The number of ether oxygens (including phenoxy) is 3. The van der Waals surface area contributed by atoms with Crippen molar-refractivity contribution in [1.82, 2.24) is 4.90 Å². The number of carbonyl (C=O) groups is 1. The number of rotatable bonds is 10. The lowest BCUT2D eigenvalue weighted by Crippen LogP contribution is -2.36. The van der Waals surface area contributed by atoms with Crippen LogP contribution in [0.1, 0.15) is 5.56 Å². The lowest BCUT2D eigenvalue weighted by Gasteiger charge is -2.23. The van der Waals surface area contributed by atoms with Crippen LogP contribution >= 0.6 is 0 Å².